The smallest absolute Gasteiger partial charge is 0.294 e. The lowest BCUT2D eigenvalue weighted by Gasteiger charge is -2.28. The minimum Gasteiger partial charge on any atom is -0.503 e. The maximum atomic E-state index is 13.9. The van der Waals surface area contributed by atoms with E-state index in [1.807, 2.05) is 49.4 Å². The number of fused-ring (bicyclic) bond motifs is 1. The third kappa shape index (κ3) is 5.11. The Kier molecular flexibility index (Phi) is 7.12. The van der Waals surface area contributed by atoms with Crippen molar-refractivity contribution in [1.29, 1.82) is 0 Å². The van der Waals surface area contributed by atoms with Gasteiger partial charge < -0.3 is 14.3 Å². The molecule has 5 rings (SSSR count). The van der Waals surface area contributed by atoms with Crippen molar-refractivity contribution >= 4 is 44.3 Å². The summed E-state index contributed by atoms with van der Waals surface area (Å²) in [5.74, 6) is -1.14. The number of amides is 1. The molecular formula is C32H30BrNO5. The van der Waals surface area contributed by atoms with Gasteiger partial charge in [-0.15, -0.1) is 0 Å². The zero-order chi connectivity index (χ0) is 27.9. The Labute approximate surface area is 236 Å². The Hall–Kier alpha value is -3.84. The highest BCUT2D eigenvalue weighted by Gasteiger charge is 2.45. The van der Waals surface area contributed by atoms with E-state index in [0.717, 1.165) is 21.8 Å². The maximum Gasteiger partial charge on any atom is 0.294 e. The van der Waals surface area contributed by atoms with Crippen LogP contribution in [0.15, 0.2) is 93.0 Å². The summed E-state index contributed by atoms with van der Waals surface area (Å²) >= 11 is 3.44. The zero-order valence-corrected chi connectivity index (χ0v) is 23.9. The minimum absolute atomic E-state index is 0.0264. The number of rotatable bonds is 7. The molecule has 1 unspecified atom stereocenters. The molecule has 39 heavy (non-hydrogen) atoms. The standard InChI is InChI=1S/C32H30BrNO5/c1-5-15-38-24-8-6-7-23(18-24)34-28(19-9-11-21(12-10-19)32(2,3)4)27(30(36)31(34)37)29(35)26-17-20-16-22(33)13-14-25(20)39-26/h6-14,16-18,28,36H,5,15H2,1-4H3. The summed E-state index contributed by atoms with van der Waals surface area (Å²) in [4.78, 5) is 29.0. The van der Waals surface area contributed by atoms with Crippen LogP contribution in [0.5, 0.6) is 5.75 Å². The van der Waals surface area contributed by atoms with Crippen LogP contribution in [-0.2, 0) is 10.2 Å². The van der Waals surface area contributed by atoms with E-state index in [4.69, 9.17) is 9.15 Å². The molecule has 1 N–H and O–H groups in total. The quantitative estimate of drug-likeness (QED) is 0.221. The molecular weight excluding hydrogens is 558 g/mol. The number of carbonyl (C=O) groups excluding carboxylic acids is 2. The first kappa shape index (κ1) is 26.8. The van der Waals surface area contributed by atoms with Gasteiger partial charge in [-0.05, 0) is 59.4 Å². The van der Waals surface area contributed by atoms with Crippen LogP contribution in [0, 0.1) is 0 Å². The molecule has 3 aromatic carbocycles. The van der Waals surface area contributed by atoms with Gasteiger partial charge in [0.15, 0.2) is 11.5 Å². The van der Waals surface area contributed by atoms with Crippen molar-refractivity contribution in [2.24, 2.45) is 0 Å². The Bertz CT molecular complexity index is 1590. The average Bonchev–Trinajstić information content (AvgIpc) is 3.45. The normalized spacial score (nSPS) is 15.9. The summed E-state index contributed by atoms with van der Waals surface area (Å²) in [6.07, 6.45) is 0.838. The summed E-state index contributed by atoms with van der Waals surface area (Å²) in [7, 11) is 0. The number of hydrogen-bond donors (Lipinski definition) is 1. The van der Waals surface area contributed by atoms with Gasteiger partial charge in [-0.2, -0.15) is 0 Å². The first-order chi connectivity index (χ1) is 18.6. The van der Waals surface area contributed by atoms with Crippen LogP contribution in [0.25, 0.3) is 11.0 Å². The predicted octanol–water partition coefficient (Wildman–Crippen LogP) is 8.06. The zero-order valence-electron chi connectivity index (χ0n) is 22.3. The monoisotopic (exact) mass is 587 g/mol. The minimum atomic E-state index is -0.861. The number of anilines is 1. The van der Waals surface area contributed by atoms with E-state index in [1.54, 1.807) is 30.3 Å². The number of nitrogens with zero attached hydrogens (tertiary/aromatic N) is 1. The van der Waals surface area contributed by atoms with Gasteiger partial charge >= 0.3 is 0 Å². The largest absolute Gasteiger partial charge is 0.503 e. The van der Waals surface area contributed by atoms with Gasteiger partial charge in [-0.25, -0.2) is 0 Å². The molecule has 1 aliphatic rings. The van der Waals surface area contributed by atoms with Crippen LogP contribution in [-0.4, -0.2) is 23.4 Å². The van der Waals surface area contributed by atoms with Gasteiger partial charge in [-0.3, -0.25) is 14.5 Å². The van der Waals surface area contributed by atoms with E-state index in [1.165, 1.54) is 4.90 Å². The topological polar surface area (TPSA) is 80.0 Å². The number of ether oxygens (including phenoxy) is 1. The molecule has 1 aromatic heterocycles. The summed E-state index contributed by atoms with van der Waals surface area (Å²) in [5.41, 5.74) is 2.76. The molecule has 0 saturated heterocycles. The summed E-state index contributed by atoms with van der Waals surface area (Å²) < 4.78 is 12.5. The third-order valence-corrected chi connectivity index (χ3v) is 7.31. The first-order valence-corrected chi connectivity index (χ1v) is 13.7. The maximum absolute atomic E-state index is 13.9. The van der Waals surface area contributed by atoms with Gasteiger partial charge in [0.25, 0.3) is 5.91 Å². The van der Waals surface area contributed by atoms with Gasteiger partial charge in [0.1, 0.15) is 11.3 Å². The summed E-state index contributed by atoms with van der Waals surface area (Å²) in [6, 6.07) is 21.1. The SMILES string of the molecule is CCCOc1cccc(N2C(=O)C(O)=C(C(=O)c3cc4cc(Br)ccc4o3)C2c2ccc(C(C)(C)C)cc2)c1. The van der Waals surface area contributed by atoms with E-state index in [9.17, 15) is 14.7 Å². The number of ketones is 1. The van der Waals surface area contributed by atoms with Crippen molar-refractivity contribution in [2.45, 2.75) is 45.6 Å². The van der Waals surface area contributed by atoms with Crippen LogP contribution in [0.2, 0.25) is 0 Å². The molecule has 0 spiro atoms. The molecule has 0 saturated carbocycles. The van der Waals surface area contributed by atoms with Crippen LogP contribution < -0.4 is 9.64 Å². The fraction of sp³-hybridized carbons (Fsp3) is 0.250. The molecule has 1 amide bonds. The lowest BCUT2D eigenvalue weighted by Crippen LogP contribution is -2.31. The highest BCUT2D eigenvalue weighted by atomic mass is 79.9. The van der Waals surface area contributed by atoms with Crippen LogP contribution in [0.3, 0.4) is 0 Å². The van der Waals surface area contributed by atoms with Gasteiger partial charge in [0.05, 0.1) is 18.2 Å². The number of hydrogen-bond acceptors (Lipinski definition) is 5. The molecule has 2 heterocycles. The summed E-state index contributed by atoms with van der Waals surface area (Å²) in [5, 5.41) is 11.9. The molecule has 0 bridgehead atoms. The molecule has 6 nitrogen and oxygen atoms in total. The van der Waals surface area contributed by atoms with Crippen molar-refractivity contribution in [3.8, 4) is 5.75 Å². The van der Waals surface area contributed by atoms with Crippen molar-refractivity contribution in [1.82, 2.24) is 0 Å². The Balaban J connectivity index is 1.63. The van der Waals surface area contributed by atoms with Gasteiger partial charge in [-0.1, -0.05) is 74.0 Å². The lowest BCUT2D eigenvalue weighted by atomic mass is 9.85. The number of aliphatic hydroxyl groups is 1. The summed E-state index contributed by atoms with van der Waals surface area (Å²) in [6.45, 7) is 8.91. The number of halogens is 1. The van der Waals surface area contributed by atoms with Gasteiger partial charge in [0.2, 0.25) is 5.78 Å². The van der Waals surface area contributed by atoms with Crippen molar-refractivity contribution in [3.05, 3.63) is 105 Å². The first-order valence-electron chi connectivity index (χ1n) is 12.9. The second-order valence-corrected chi connectivity index (χ2v) is 11.6. The van der Waals surface area contributed by atoms with E-state index in [-0.39, 0.29) is 16.7 Å². The van der Waals surface area contributed by atoms with Crippen LogP contribution in [0.4, 0.5) is 5.69 Å². The number of Topliss-reactive ketones (excluding diaryl/α,β-unsaturated/α-hetero) is 1. The lowest BCUT2D eigenvalue weighted by molar-refractivity contribution is -0.117. The number of benzene rings is 3. The van der Waals surface area contributed by atoms with E-state index >= 15 is 0 Å². The molecule has 4 aromatic rings. The highest BCUT2D eigenvalue weighted by Crippen LogP contribution is 2.43. The number of aliphatic hydroxyl groups excluding tert-OH is 1. The fourth-order valence-electron chi connectivity index (χ4n) is 4.79. The molecule has 0 radical (unpaired) electrons. The Morgan fingerprint density at radius 2 is 1.79 bits per heavy atom. The molecule has 1 aliphatic heterocycles. The molecule has 200 valence electrons. The molecule has 1 atom stereocenters. The third-order valence-electron chi connectivity index (χ3n) is 6.82. The van der Waals surface area contributed by atoms with E-state index < -0.39 is 23.5 Å². The van der Waals surface area contributed by atoms with Crippen molar-refractivity contribution < 1.29 is 23.8 Å². The predicted molar refractivity (Wildman–Crippen MR) is 155 cm³/mol. The second-order valence-electron chi connectivity index (χ2n) is 10.7. The Morgan fingerprint density at radius 1 is 1.05 bits per heavy atom. The van der Waals surface area contributed by atoms with Crippen molar-refractivity contribution in [2.75, 3.05) is 11.5 Å². The van der Waals surface area contributed by atoms with Crippen LogP contribution in [0.1, 0.15) is 61.8 Å². The highest BCUT2D eigenvalue weighted by molar-refractivity contribution is 9.10. The van der Waals surface area contributed by atoms with Crippen LogP contribution >= 0.6 is 15.9 Å². The number of furan rings is 1. The van der Waals surface area contributed by atoms with E-state index in [2.05, 4.69) is 36.7 Å². The molecule has 0 fully saturated rings. The second kappa shape index (κ2) is 10.4. The molecule has 0 aliphatic carbocycles. The fourth-order valence-corrected chi connectivity index (χ4v) is 5.17. The van der Waals surface area contributed by atoms with Gasteiger partial charge in [0, 0.05) is 21.6 Å². The molecule has 7 heteroatoms. The Morgan fingerprint density at radius 3 is 2.49 bits per heavy atom. The van der Waals surface area contributed by atoms with Crippen molar-refractivity contribution in [3.63, 3.8) is 0 Å². The average molecular weight is 588 g/mol. The number of carbonyl (C=O) groups is 2. The van der Waals surface area contributed by atoms with E-state index in [0.29, 0.717) is 29.2 Å².